The largest absolute Gasteiger partial charge is 0.453 e. The molecule has 82 valence electrons. The Balaban J connectivity index is 2.31. The van der Waals surface area contributed by atoms with E-state index in [9.17, 15) is 9.59 Å². The molecule has 0 radical (unpaired) electrons. The second-order valence-corrected chi connectivity index (χ2v) is 4.47. The number of nitrogens with zero attached hydrogens (tertiary/aromatic N) is 2. The standard InChI is InChI=1S/C6H8N4O3S2/c1-13-5(12)8-3(11)2-14-6-10-9-4(7)15-6/h2H2,1H3,(H2,7,9)(H,8,11,12). The van der Waals surface area contributed by atoms with Crippen LogP contribution in [0.25, 0.3) is 0 Å². The predicted molar refractivity (Wildman–Crippen MR) is 55.6 cm³/mol. The van der Waals surface area contributed by atoms with E-state index in [1.165, 1.54) is 18.4 Å². The summed E-state index contributed by atoms with van der Waals surface area (Å²) in [7, 11) is 1.18. The van der Waals surface area contributed by atoms with Crippen molar-refractivity contribution in [2.24, 2.45) is 0 Å². The molecule has 0 bridgehead atoms. The minimum Gasteiger partial charge on any atom is -0.453 e. The second-order valence-electron chi connectivity index (χ2n) is 2.23. The first kappa shape index (κ1) is 11.7. The number of nitrogen functional groups attached to an aromatic ring is 1. The maximum atomic E-state index is 11.1. The van der Waals surface area contributed by atoms with Crippen molar-refractivity contribution in [3.05, 3.63) is 0 Å². The van der Waals surface area contributed by atoms with Gasteiger partial charge in [0.2, 0.25) is 11.0 Å². The van der Waals surface area contributed by atoms with Crippen molar-refractivity contribution in [2.45, 2.75) is 4.34 Å². The number of nitrogens with one attached hydrogen (secondary N) is 1. The summed E-state index contributed by atoms with van der Waals surface area (Å²) < 4.78 is 4.83. The third kappa shape index (κ3) is 4.13. The summed E-state index contributed by atoms with van der Waals surface area (Å²) in [5.74, 6) is -0.398. The molecule has 0 saturated heterocycles. The van der Waals surface area contributed by atoms with Crippen molar-refractivity contribution in [2.75, 3.05) is 18.6 Å². The molecule has 1 aromatic rings. The van der Waals surface area contributed by atoms with Crippen LogP contribution in [0.4, 0.5) is 9.93 Å². The van der Waals surface area contributed by atoms with Gasteiger partial charge in [-0.15, -0.1) is 10.2 Å². The van der Waals surface area contributed by atoms with E-state index in [2.05, 4.69) is 14.9 Å². The number of methoxy groups -OCH3 is 1. The summed E-state index contributed by atoms with van der Waals surface area (Å²) in [4.78, 5) is 21.7. The fraction of sp³-hybridized carbons (Fsp3) is 0.333. The van der Waals surface area contributed by atoms with Crippen LogP contribution in [-0.2, 0) is 9.53 Å². The van der Waals surface area contributed by atoms with Crippen molar-refractivity contribution < 1.29 is 14.3 Å². The van der Waals surface area contributed by atoms with E-state index in [0.29, 0.717) is 9.47 Å². The van der Waals surface area contributed by atoms with Crippen molar-refractivity contribution >= 4 is 40.2 Å². The summed E-state index contributed by atoms with van der Waals surface area (Å²) >= 11 is 2.32. The quantitative estimate of drug-likeness (QED) is 0.730. The van der Waals surface area contributed by atoms with Gasteiger partial charge in [0.15, 0.2) is 4.34 Å². The highest BCUT2D eigenvalue weighted by Gasteiger charge is 2.09. The number of carbonyl (C=O) groups excluding carboxylic acids is 2. The van der Waals surface area contributed by atoms with Crippen LogP contribution in [-0.4, -0.2) is 35.1 Å². The van der Waals surface area contributed by atoms with Gasteiger partial charge in [-0.25, -0.2) is 4.79 Å². The summed E-state index contributed by atoms with van der Waals surface area (Å²) in [6.07, 6.45) is -0.780. The van der Waals surface area contributed by atoms with Gasteiger partial charge in [-0.3, -0.25) is 10.1 Å². The molecule has 0 saturated carbocycles. The van der Waals surface area contributed by atoms with Gasteiger partial charge in [-0.05, 0) is 0 Å². The van der Waals surface area contributed by atoms with E-state index in [1.54, 1.807) is 0 Å². The maximum Gasteiger partial charge on any atom is 0.413 e. The van der Waals surface area contributed by atoms with Gasteiger partial charge in [-0.2, -0.15) is 0 Å². The Morgan fingerprint density at radius 3 is 2.87 bits per heavy atom. The smallest absolute Gasteiger partial charge is 0.413 e. The minimum atomic E-state index is -0.780. The van der Waals surface area contributed by atoms with Gasteiger partial charge >= 0.3 is 6.09 Å². The van der Waals surface area contributed by atoms with Gasteiger partial charge in [0.1, 0.15) is 0 Å². The molecule has 1 aromatic heterocycles. The summed E-state index contributed by atoms with van der Waals surface area (Å²) in [6, 6.07) is 0. The third-order valence-electron chi connectivity index (χ3n) is 1.18. The normalized spacial score (nSPS) is 9.67. The Morgan fingerprint density at radius 1 is 1.60 bits per heavy atom. The molecule has 9 heteroatoms. The number of carbonyl (C=O) groups is 2. The molecule has 0 aliphatic heterocycles. The van der Waals surface area contributed by atoms with Crippen LogP contribution in [0.2, 0.25) is 0 Å². The van der Waals surface area contributed by atoms with Gasteiger partial charge in [0.25, 0.3) is 0 Å². The van der Waals surface area contributed by atoms with Crippen LogP contribution in [0.1, 0.15) is 0 Å². The molecule has 0 aliphatic rings. The van der Waals surface area contributed by atoms with Gasteiger partial charge in [0.05, 0.1) is 12.9 Å². The SMILES string of the molecule is COC(=O)NC(=O)CSc1nnc(N)s1. The molecule has 0 aliphatic carbocycles. The third-order valence-corrected chi connectivity index (χ3v) is 3.06. The van der Waals surface area contributed by atoms with Crippen LogP contribution in [0.15, 0.2) is 4.34 Å². The highest BCUT2D eigenvalue weighted by molar-refractivity contribution is 8.01. The Bertz CT molecular complexity index is 367. The van der Waals surface area contributed by atoms with E-state index in [1.807, 2.05) is 5.32 Å². The number of thioether (sulfide) groups is 1. The lowest BCUT2D eigenvalue weighted by molar-refractivity contribution is -0.117. The zero-order valence-corrected chi connectivity index (χ0v) is 9.35. The molecule has 0 spiro atoms. The molecule has 0 unspecified atom stereocenters. The Labute approximate surface area is 93.4 Å². The molecular weight excluding hydrogens is 240 g/mol. The molecule has 3 N–H and O–H groups in total. The van der Waals surface area contributed by atoms with E-state index in [-0.39, 0.29) is 5.75 Å². The molecule has 0 fully saturated rings. The van der Waals surface area contributed by atoms with Gasteiger partial charge < -0.3 is 10.5 Å². The van der Waals surface area contributed by atoms with Crippen LogP contribution >= 0.6 is 23.1 Å². The van der Waals surface area contributed by atoms with Gasteiger partial charge in [0, 0.05) is 0 Å². The lowest BCUT2D eigenvalue weighted by Gasteiger charge is -1.99. The zero-order valence-electron chi connectivity index (χ0n) is 7.72. The first-order valence-electron chi connectivity index (χ1n) is 3.71. The number of aromatic nitrogens is 2. The summed E-state index contributed by atoms with van der Waals surface area (Å²) in [6.45, 7) is 0. The molecule has 2 amide bonds. The van der Waals surface area contributed by atoms with Crippen molar-refractivity contribution in [3.63, 3.8) is 0 Å². The first-order chi connectivity index (χ1) is 7.11. The summed E-state index contributed by atoms with van der Waals surface area (Å²) in [5.41, 5.74) is 5.34. The van der Waals surface area contributed by atoms with Gasteiger partial charge in [-0.1, -0.05) is 23.1 Å². The van der Waals surface area contributed by atoms with E-state index in [0.717, 1.165) is 11.8 Å². The van der Waals surface area contributed by atoms with Crippen molar-refractivity contribution in [1.82, 2.24) is 15.5 Å². The molecule has 15 heavy (non-hydrogen) atoms. The number of alkyl carbamates (subject to hydrolysis) is 1. The predicted octanol–water partition coefficient (Wildman–Crippen LogP) is 0.0950. The highest BCUT2D eigenvalue weighted by atomic mass is 32.2. The van der Waals surface area contributed by atoms with Crippen molar-refractivity contribution in [1.29, 1.82) is 0 Å². The lowest BCUT2D eigenvalue weighted by Crippen LogP contribution is -2.31. The van der Waals surface area contributed by atoms with Crippen LogP contribution < -0.4 is 11.1 Å². The fourth-order valence-corrected chi connectivity index (χ4v) is 2.04. The number of anilines is 1. The lowest BCUT2D eigenvalue weighted by atomic mass is 10.7. The number of imide groups is 1. The zero-order chi connectivity index (χ0) is 11.3. The molecule has 1 rings (SSSR count). The number of hydrogen-bond acceptors (Lipinski definition) is 8. The number of rotatable bonds is 3. The molecule has 7 nitrogen and oxygen atoms in total. The number of hydrogen-bond donors (Lipinski definition) is 2. The topological polar surface area (TPSA) is 107 Å². The van der Waals surface area contributed by atoms with Crippen LogP contribution in [0.5, 0.6) is 0 Å². The molecular formula is C6H8N4O3S2. The summed E-state index contributed by atoms with van der Waals surface area (Å²) in [5, 5.41) is 9.62. The second kappa shape index (κ2) is 5.51. The number of amides is 2. The fourth-order valence-electron chi connectivity index (χ4n) is 0.607. The van der Waals surface area contributed by atoms with Crippen LogP contribution in [0, 0.1) is 0 Å². The van der Waals surface area contributed by atoms with E-state index < -0.39 is 12.0 Å². The van der Waals surface area contributed by atoms with Crippen LogP contribution in [0.3, 0.4) is 0 Å². The van der Waals surface area contributed by atoms with Crippen molar-refractivity contribution in [3.8, 4) is 0 Å². The average Bonchev–Trinajstić information content (AvgIpc) is 2.61. The number of nitrogens with two attached hydrogens (primary N) is 1. The monoisotopic (exact) mass is 248 g/mol. The maximum absolute atomic E-state index is 11.1. The van der Waals surface area contributed by atoms with E-state index in [4.69, 9.17) is 5.73 Å². The Morgan fingerprint density at radius 2 is 2.33 bits per heavy atom. The molecule has 1 heterocycles. The Kier molecular flexibility index (Phi) is 4.31. The molecule has 0 aromatic carbocycles. The minimum absolute atomic E-state index is 0.0593. The average molecular weight is 248 g/mol. The Hall–Kier alpha value is -1.35. The highest BCUT2D eigenvalue weighted by Crippen LogP contribution is 2.22. The number of ether oxygens (including phenoxy) is 1. The first-order valence-corrected chi connectivity index (χ1v) is 5.51. The molecule has 0 atom stereocenters. The van der Waals surface area contributed by atoms with E-state index >= 15 is 0 Å².